The van der Waals surface area contributed by atoms with E-state index >= 15 is 0 Å². The first kappa shape index (κ1) is 13.6. The van der Waals surface area contributed by atoms with Crippen molar-refractivity contribution < 1.29 is 4.74 Å². The van der Waals surface area contributed by atoms with Crippen molar-refractivity contribution in [3.63, 3.8) is 0 Å². The van der Waals surface area contributed by atoms with E-state index in [1.807, 2.05) is 19.1 Å². The van der Waals surface area contributed by atoms with Crippen molar-refractivity contribution in [1.82, 2.24) is 4.98 Å². The molecular weight excluding hydrogens is 310 g/mol. The largest absolute Gasteiger partial charge is 0.487 e. The smallest absolute Gasteiger partial charge is 0.131 e. The summed E-state index contributed by atoms with van der Waals surface area (Å²) in [5, 5.41) is 3.24. The minimum Gasteiger partial charge on any atom is -0.487 e. The number of thiazole rings is 1. The van der Waals surface area contributed by atoms with Crippen molar-refractivity contribution in [1.29, 1.82) is 0 Å². The predicted molar refractivity (Wildman–Crippen MR) is 79.4 cm³/mol. The second-order valence-electron chi connectivity index (χ2n) is 4.53. The van der Waals surface area contributed by atoms with E-state index < -0.39 is 0 Å². The zero-order valence-corrected chi connectivity index (χ0v) is 13.1. The van der Waals surface area contributed by atoms with Crippen molar-refractivity contribution >= 4 is 27.3 Å². The van der Waals surface area contributed by atoms with Crippen molar-refractivity contribution in [2.45, 2.75) is 33.3 Å². The maximum absolute atomic E-state index is 5.79. The molecule has 0 saturated carbocycles. The summed E-state index contributed by atoms with van der Waals surface area (Å²) in [5.41, 5.74) is 2.13. The zero-order valence-electron chi connectivity index (χ0n) is 10.7. The Labute approximate surface area is 120 Å². The van der Waals surface area contributed by atoms with Crippen LogP contribution >= 0.6 is 27.3 Å². The molecule has 0 spiro atoms. The highest BCUT2D eigenvalue weighted by molar-refractivity contribution is 9.10. The number of aryl methyl sites for hydroxylation is 1. The summed E-state index contributed by atoms with van der Waals surface area (Å²) >= 11 is 5.15. The third kappa shape index (κ3) is 3.33. The van der Waals surface area contributed by atoms with Gasteiger partial charge in [0.2, 0.25) is 0 Å². The predicted octanol–water partition coefficient (Wildman–Crippen LogP) is 4.92. The SMILES string of the molecule is Cc1cc(Br)ccc1OCc1csc(C(C)C)n1. The minimum atomic E-state index is 0.484. The molecule has 0 saturated heterocycles. The molecular formula is C14H16BrNOS. The third-order valence-electron chi connectivity index (χ3n) is 2.58. The Morgan fingerprint density at radius 3 is 2.78 bits per heavy atom. The molecule has 2 aromatic rings. The number of rotatable bonds is 4. The maximum atomic E-state index is 5.79. The standard InChI is InChI=1S/C14H16BrNOS/c1-9(2)14-16-12(8-18-14)7-17-13-5-4-11(15)6-10(13)3/h4-6,8-9H,7H2,1-3H3. The van der Waals surface area contributed by atoms with Gasteiger partial charge in [0, 0.05) is 15.8 Å². The molecule has 0 atom stereocenters. The number of aromatic nitrogens is 1. The van der Waals surface area contributed by atoms with Gasteiger partial charge in [0.25, 0.3) is 0 Å². The van der Waals surface area contributed by atoms with Gasteiger partial charge in [-0.05, 0) is 30.7 Å². The average molecular weight is 326 g/mol. The van der Waals surface area contributed by atoms with Crippen LogP contribution in [0.4, 0.5) is 0 Å². The molecule has 0 unspecified atom stereocenters. The lowest BCUT2D eigenvalue weighted by molar-refractivity contribution is 0.299. The molecule has 0 radical (unpaired) electrons. The van der Waals surface area contributed by atoms with Crippen LogP contribution in [0.1, 0.15) is 36.0 Å². The molecule has 1 heterocycles. The molecule has 0 fully saturated rings. The van der Waals surface area contributed by atoms with Gasteiger partial charge in [-0.2, -0.15) is 0 Å². The fourth-order valence-electron chi connectivity index (χ4n) is 1.58. The molecule has 0 aliphatic heterocycles. The minimum absolute atomic E-state index is 0.484. The van der Waals surface area contributed by atoms with Crippen LogP contribution in [-0.2, 0) is 6.61 Å². The number of hydrogen-bond acceptors (Lipinski definition) is 3. The van der Waals surface area contributed by atoms with Gasteiger partial charge in [-0.3, -0.25) is 0 Å². The Kier molecular flexibility index (Phi) is 4.40. The molecule has 4 heteroatoms. The van der Waals surface area contributed by atoms with E-state index in [-0.39, 0.29) is 0 Å². The molecule has 96 valence electrons. The average Bonchev–Trinajstić information content (AvgIpc) is 2.76. The Balaban J connectivity index is 2.02. The number of hydrogen-bond donors (Lipinski definition) is 0. The van der Waals surface area contributed by atoms with Crippen LogP contribution in [0.5, 0.6) is 5.75 Å². The molecule has 18 heavy (non-hydrogen) atoms. The molecule has 2 nitrogen and oxygen atoms in total. The van der Waals surface area contributed by atoms with Gasteiger partial charge in [0.1, 0.15) is 12.4 Å². The van der Waals surface area contributed by atoms with E-state index in [4.69, 9.17) is 4.74 Å². The van der Waals surface area contributed by atoms with Crippen LogP contribution in [0.25, 0.3) is 0 Å². The fourth-order valence-corrected chi connectivity index (χ4v) is 2.88. The van der Waals surface area contributed by atoms with Gasteiger partial charge >= 0.3 is 0 Å². The molecule has 0 bridgehead atoms. The number of ether oxygens (including phenoxy) is 1. The first-order valence-electron chi connectivity index (χ1n) is 5.89. The highest BCUT2D eigenvalue weighted by atomic mass is 79.9. The van der Waals surface area contributed by atoms with Crippen molar-refractivity contribution in [2.75, 3.05) is 0 Å². The highest BCUT2D eigenvalue weighted by Crippen LogP contribution is 2.24. The summed E-state index contributed by atoms with van der Waals surface area (Å²) in [4.78, 5) is 4.56. The van der Waals surface area contributed by atoms with Crippen molar-refractivity contribution in [3.05, 3.63) is 44.3 Å². The van der Waals surface area contributed by atoms with E-state index in [0.717, 1.165) is 21.5 Å². The summed E-state index contributed by atoms with van der Waals surface area (Å²) in [6, 6.07) is 6.02. The van der Waals surface area contributed by atoms with Crippen molar-refractivity contribution in [3.8, 4) is 5.75 Å². The molecule has 1 aromatic heterocycles. The van der Waals surface area contributed by atoms with Crippen LogP contribution in [-0.4, -0.2) is 4.98 Å². The van der Waals surface area contributed by atoms with Gasteiger partial charge in [0.15, 0.2) is 0 Å². The van der Waals surface area contributed by atoms with Gasteiger partial charge in [0.05, 0.1) is 10.7 Å². The van der Waals surface area contributed by atoms with E-state index in [0.29, 0.717) is 12.5 Å². The lowest BCUT2D eigenvalue weighted by atomic mass is 10.2. The van der Waals surface area contributed by atoms with Crippen LogP contribution in [0.3, 0.4) is 0 Å². The van der Waals surface area contributed by atoms with E-state index in [1.54, 1.807) is 11.3 Å². The van der Waals surface area contributed by atoms with Crippen LogP contribution in [0, 0.1) is 6.92 Å². The molecule has 0 N–H and O–H groups in total. The lowest BCUT2D eigenvalue weighted by Crippen LogP contribution is -1.98. The molecule has 0 aliphatic rings. The normalized spacial score (nSPS) is 10.9. The van der Waals surface area contributed by atoms with Crippen LogP contribution < -0.4 is 4.74 Å². The number of benzene rings is 1. The summed E-state index contributed by atoms with van der Waals surface area (Å²) in [6.07, 6.45) is 0. The van der Waals surface area contributed by atoms with Crippen LogP contribution in [0.15, 0.2) is 28.1 Å². The maximum Gasteiger partial charge on any atom is 0.131 e. The summed E-state index contributed by atoms with van der Waals surface area (Å²) < 4.78 is 6.87. The van der Waals surface area contributed by atoms with Crippen molar-refractivity contribution in [2.24, 2.45) is 0 Å². The second-order valence-corrected chi connectivity index (χ2v) is 6.34. The quantitative estimate of drug-likeness (QED) is 0.796. The Morgan fingerprint density at radius 2 is 2.17 bits per heavy atom. The van der Waals surface area contributed by atoms with Gasteiger partial charge < -0.3 is 4.74 Å². The monoisotopic (exact) mass is 325 g/mol. The zero-order chi connectivity index (χ0) is 13.1. The number of halogens is 1. The number of nitrogens with zero attached hydrogens (tertiary/aromatic N) is 1. The lowest BCUT2D eigenvalue weighted by Gasteiger charge is -2.07. The first-order chi connectivity index (χ1) is 8.56. The van der Waals surface area contributed by atoms with Gasteiger partial charge in [-0.15, -0.1) is 11.3 Å². The van der Waals surface area contributed by atoms with Crippen LogP contribution in [0.2, 0.25) is 0 Å². The molecule has 1 aromatic carbocycles. The van der Waals surface area contributed by atoms with E-state index in [9.17, 15) is 0 Å². The Bertz CT molecular complexity index is 536. The van der Waals surface area contributed by atoms with E-state index in [2.05, 4.69) is 46.2 Å². The first-order valence-corrected chi connectivity index (χ1v) is 7.57. The summed E-state index contributed by atoms with van der Waals surface area (Å²) in [5.74, 6) is 1.40. The van der Waals surface area contributed by atoms with Gasteiger partial charge in [-0.1, -0.05) is 29.8 Å². The Hall–Kier alpha value is -0.870. The molecule has 0 aliphatic carbocycles. The molecule has 0 amide bonds. The third-order valence-corrected chi connectivity index (χ3v) is 4.26. The second kappa shape index (κ2) is 5.85. The summed E-state index contributed by atoms with van der Waals surface area (Å²) in [7, 11) is 0. The summed E-state index contributed by atoms with van der Waals surface area (Å²) in [6.45, 7) is 6.89. The van der Waals surface area contributed by atoms with E-state index in [1.165, 1.54) is 5.01 Å². The Morgan fingerprint density at radius 1 is 1.39 bits per heavy atom. The molecule has 2 rings (SSSR count). The topological polar surface area (TPSA) is 22.1 Å². The highest BCUT2D eigenvalue weighted by Gasteiger charge is 2.07. The fraction of sp³-hybridized carbons (Fsp3) is 0.357. The van der Waals surface area contributed by atoms with Gasteiger partial charge in [-0.25, -0.2) is 4.98 Å².